The van der Waals surface area contributed by atoms with E-state index < -0.39 is 5.91 Å². The quantitative estimate of drug-likeness (QED) is 0.656. The van der Waals surface area contributed by atoms with E-state index in [1.165, 1.54) is 16.2 Å². The Kier molecular flexibility index (Phi) is 4.05. The largest absolute Gasteiger partial charge is 0.365 e. The molecule has 0 radical (unpaired) electrons. The molecule has 0 spiro atoms. The molecule has 1 aromatic carbocycles. The number of para-hydroxylation sites is 1. The van der Waals surface area contributed by atoms with Crippen LogP contribution >= 0.6 is 11.3 Å². The van der Waals surface area contributed by atoms with E-state index in [2.05, 4.69) is 10.3 Å². The van der Waals surface area contributed by atoms with Crippen molar-refractivity contribution in [1.29, 1.82) is 0 Å². The number of fused-ring (bicyclic) bond motifs is 2. The third-order valence-electron chi connectivity index (χ3n) is 4.72. The third-order valence-corrected chi connectivity index (χ3v) is 5.92. The Morgan fingerprint density at radius 2 is 2.08 bits per heavy atom. The number of anilines is 1. The Morgan fingerprint density at radius 1 is 1.24 bits per heavy atom. The Hall–Kier alpha value is -2.60. The molecule has 0 saturated carbocycles. The van der Waals surface area contributed by atoms with E-state index in [1.807, 2.05) is 30.5 Å². The SMILES string of the molecule is NC(=O)c1c(NC(=O)CCc2c[nH]c3ccccc23)sc2c1CCC2. The van der Waals surface area contributed by atoms with Crippen molar-refractivity contribution in [1.82, 2.24) is 4.98 Å². The molecule has 0 saturated heterocycles. The van der Waals surface area contributed by atoms with Gasteiger partial charge in [-0.1, -0.05) is 18.2 Å². The van der Waals surface area contributed by atoms with E-state index in [0.29, 0.717) is 23.4 Å². The van der Waals surface area contributed by atoms with Gasteiger partial charge in [0.1, 0.15) is 5.00 Å². The molecule has 2 heterocycles. The fourth-order valence-electron chi connectivity index (χ4n) is 3.53. The molecule has 0 bridgehead atoms. The molecule has 128 valence electrons. The van der Waals surface area contributed by atoms with Crippen molar-refractivity contribution in [3.63, 3.8) is 0 Å². The summed E-state index contributed by atoms with van der Waals surface area (Å²) in [5.74, 6) is -0.543. The van der Waals surface area contributed by atoms with Crippen molar-refractivity contribution in [3.8, 4) is 0 Å². The summed E-state index contributed by atoms with van der Waals surface area (Å²) in [6.07, 6.45) is 5.85. The lowest BCUT2D eigenvalue weighted by molar-refractivity contribution is -0.116. The Morgan fingerprint density at radius 3 is 2.92 bits per heavy atom. The topological polar surface area (TPSA) is 88.0 Å². The second kappa shape index (κ2) is 6.37. The van der Waals surface area contributed by atoms with E-state index in [0.717, 1.165) is 41.3 Å². The minimum absolute atomic E-state index is 0.0901. The average Bonchev–Trinajstić information content (AvgIpc) is 3.26. The molecule has 0 unspecified atom stereocenters. The number of primary amides is 1. The molecule has 3 aromatic rings. The molecule has 25 heavy (non-hydrogen) atoms. The van der Waals surface area contributed by atoms with Crippen molar-refractivity contribution < 1.29 is 9.59 Å². The lowest BCUT2D eigenvalue weighted by Gasteiger charge is -2.06. The highest BCUT2D eigenvalue weighted by Gasteiger charge is 2.26. The lowest BCUT2D eigenvalue weighted by atomic mass is 10.1. The van der Waals surface area contributed by atoms with Crippen LogP contribution in [0.1, 0.15) is 39.2 Å². The number of benzene rings is 1. The van der Waals surface area contributed by atoms with Crippen LogP contribution in [0.25, 0.3) is 10.9 Å². The van der Waals surface area contributed by atoms with Gasteiger partial charge in [0.2, 0.25) is 5.91 Å². The van der Waals surface area contributed by atoms with Gasteiger partial charge < -0.3 is 16.0 Å². The van der Waals surface area contributed by atoms with E-state index in [4.69, 9.17) is 5.73 Å². The van der Waals surface area contributed by atoms with Crippen molar-refractivity contribution >= 4 is 39.1 Å². The van der Waals surface area contributed by atoms with Gasteiger partial charge in [-0.15, -0.1) is 11.3 Å². The number of hydrogen-bond donors (Lipinski definition) is 3. The maximum atomic E-state index is 12.4. The second-order valence-corrected chi connectivity index (χ2v) is 7.44. The van der Waals surface area contributed by atoms with Crippen LogP contribution in [0.3, 0.4) is 0 Å². The fourth-order valence-corrected chi connectivity index (χ4v) is 4.84. The third kappa shape index (κ3) is 2.93. The maximum absolute atomic E-state index is 12.4. The van der Waals surface area contributed by atoms with Crippen molar-refractivity contribution in [3.05, 3.63) is 52.0 Å². The molecular weight excluding hydrogens is 334 g/mol. The molecule has 6 heteroatoms. The van der Waals surface area contributed by atoms with Crippen molar-refractivity contribution in [2.24, 2.45) is 5.73 Å². The molecule has 2 aromatic heterocycles. The van der Waals surface area contributed by atoms with Crippen molar-refractivity contribution in [2.45, 2.75) is 32.1 Å². The number of aromatic amines is 1. The predicted molar refractivity (Wildman–Crippen MR) is 100 cm³/mol. The number of aryl methyl sites for hydroxylation is 2. The van der Waals surface area contributed by atoms with Gasteiger partial charge in [-0.05, 0) is 42.9 Å². The molecule has 2 amide bonds. The van der Waals surface area contributed by atoms with Gasteiger partial charge in [0.15, 0.2) is 0 Å². The van der Waals surface area contributed by atoms with Crippen LogP contribution in [0.4, 0.5) is 5.00 Å². The molecule has 0 fully saturated rings. The molecule has 4 N–H and O–H groups in total. The zero-order chi connectivity index (χ0) is 17.4. The summed E-state index contributed by atoms with van der Waals surface area (Å²) < 4.78 is 0. The van der Waals surface area contributed by atoms with Crippen LogP contribution in [0.5, 0.6) is 0 Å². The van der Waals surface area contributed by atoms with E-state index in [1.54, 1.807) is 0 Å². The van der Waals surface area contributed by atoms with Crippen LogP contribution in [-0.4, -0.2) is 16.8 Å². The zero-order valence-corrected chi connectivity index (χ0v) is 14.5. The molecule has 4 rings (SSSR count). The molecule has 1 aliphatic carbocycles. The van der Waals surface area contributed by atoms with Gasteiger partial charge in [0.25, 0.3) is 5.91 Å². The highest BCUT2D eigenvalue weighted by atomic mass is 32.1. The number of thiophene rings is 1. The lowest BCUT2D eigenvalue weighted by Crippen LogP contribution is -2.18. The monoisotopic (exact) mass is 353 g/mol. The standard InChI is InChI=1S/C19H19N3O2S/c20-18(24)17-13-5-3-7-15(13)25-19(17)22-16(23)9-8-11-10-21-14-6-2-1-4-12(11)14/h1-2,4,6,10,21H,3,5,7-9H2,(H2,20,24)(H,22,23). The van der Waals surface area contributed by atoms with Gasteiger partial charge in [-0.3, -0.25) is 9.59 Å². The minimum atomic E-state index is -0.452. The number of hydrogen-bond acceptors (Lipinski definition) is 3. The molecule has 1 aliphatic rings. The molecular formula is C19H19N3O2S. The smallest absolute Gasteiger partial charge is 0.251 e. The highest BCUT2D eigenvalue weighted by molar-refractivity contribution is 7.17. The highest BCUT2D eigenvalue weighted by Crippen LogP contribution is 2.38. The summed E-state index contributed by atoms with van der Waals surface area (Å²) in [5, 5.41) is 4.65. The van der Waals surface area contributed by atoms with Crippen molar-refractivity contribution in [2.75, 3.05) is 5.32 Å². The molecule has 5 nitrogen and oxygen atoms in total. The number of nitrogens with two attached hydrogens (primary N) is 1. The molecule has 0 atom stereocenters. The number of H-pyrrole nitrogens is 1. The van der Waals surface area contributed by atoms with Crippen LogP contribution in [-0.2, 0) is 24.1 Å². The van der Waals surface area contributed by atoms with E-state index in [9.17, 15) is 9.59 Å². The number of carbonyl (C=O) groups excluding carboxylic acids is 2. The first-order valence-electron chi connectivity index (χ1n) is 8.42. The van der Waals surface area contributed by atoms with Crippen LogP contribution < -0.4 is 11.1 Å². The van der Waals surface area contributed by atoms with Gasteiger partial charge in [-0.2, -0.15) is 0 Å². The minimum Gasteiger partial charge on any atom is -0.365 e. The summed E-state index contributed by atoms with van der Waals surface area (Å²) in [6.45, 7) is 0. The Balaban J connectivity index is 1.47. The number of rotatable bonds is 5. The summed E-state index contributed by atoms with van der Waals surface area (Å²) in [7, 11) is 0. The predicted octanol–water partition coefficient (Wildman–Crippen LogP) is 3.39. The van der Waals surface area contributed by atoms with Crippen LogP contribution in [0.2, 0.25) is 0 Å². The first-order valence-corrected chi connectivity index (χ1v) is 9.24. The number of carbonyl (C=O) groups is 2. The maximum Gasteiger partial charge on any atom is 0.251 e. The summed E-state index contributed by atoms with van der Waals surface area (Å²) in [4.78, 5) is 28.6. The zero-order valence-electron chi connectivity index (χ0n) is 13.7. The molecule has 0 aliphatic heterocycles. The summed E-state index contributed by atoms with van der Waals surface area (Å²) in [5.41, 5.74) is 9.27. The van der Waals surface area contributed by atoms with Gasteiger partial charge in [-0.25, -0.2) is 0 Å². The average molecular weight is 353 g/mol. The van der Waals surface area contributed by atoms with Crippen LogP contribution in [0, 0.1) is 0 Å². The fraction of sp³-hybridized carbons (Fsp3) is 0.263. The van der Waals surface area contributed by atoms with Gasteiger partial charge in [0, 0.05) is 28.4 Å². The van der Waals surface area contributed by atoms with Gasteiger partial charge in [0.05, 0.1) is 5.56 Å². The Bertz CT molecular complexity index is 970. The first-order chi connectivity index (χ1) is 12.1. The Labute approximate surface area is 149 Å². The summed E-state index contributed by atoms with van der Waals surface area (Å²) >= 11 is 1.49. The number of nitrogens with one attached hydrogen (secondary N) is 2. The number of aromatic nitrogens is 1. The normalized spacial score (nSPS) is 13.1. The summed E-state index contributed by atoms with van der Waals surface area (Å²) in [6, 6.07) is 8.04. The van der Waals surface area contributed by atoms with E-state index in [-0.39, 0.29) is 5.91 Å². The second-order valence-electron chi connectivity index (χ2n) is 6.33. The number of amides is 2. The van der Waals surface area contributed by atoms with Gasteiger partial charge >= 0.3 is 0 Å². The van der Waals surface area contributed by atoms with E-state index >= 15 is 0 Å². The first kappa shape index (κ1) is 15.9. The van der Waals surface area contributed by atoms with Crippen LogP contribution in [0.15, 0.2) is 30.5 Å².